The lowest BCUT2D eigenvalue weighted by atomic mass is 9.75. The fourth-order valence-electron chi connectivity index (χ4n) is 4.31. The summed E-state index contributed by atoms with van der Waals surface area (Å²) in [6.07, 6.45) is 4.10. The molecule has 0 saturated carbocycles. The predicted octanol–water partition coefficient (Wildman–Crippen LogP) is 3.34. The highest BCUT2D eigenvalue weighted by molar-refractivity contribution is 5.91. The number of anilines is 1. The summed E-state index contributed by atoms with van der Waals surface area (Å²) in [6, 6.07) is 14.0. The summed E-state index contributed by atoms with van der Waals surface area (Å²) in [7, 11) is 3.27. The summed E-state index contributed by atoms with van der Waals surface area (Å²) < 4.78 is 10.8. The summed E-state index contributed by atoms with van der Waals surface area (Å²) in [4.78, 5) is 14.5. The van der Waals surface area contributed by atoms with Gasteiger partial charge in [0.25, 0.3) is 0 Å². The molecule has 2 aromatic rings. The quantitative estimate of drug-likeness (QED) is 0.904. The molecular weight excluding hydrogens is 340 g/mol. The number of fused-ring (bicyclic) bond motifs is 3. The number of hydrogen-bond donors (Lipinski definition) is 1. The maximum atomic E-state index is 12.3. The van der Waals surface area contributed by atoms with Crippen molar-refractivity contribution >= 4 is 17.7 Å². The molecule has 1 atom stereocenters. The number of methoxy groups -OCH3 is 2. The van der Waals surface area contributed by atoms with E-state index in [0.29, 0.717) is 6.54 Å². The van der Waals surface area contributed by atoms with Crippen LogP contribution in [0.3, 0.4) is 0 Å². The number of para-hydroxylation sites is 1. The number of amides is 1. The van der Waals surface area contributed by atoms with Gasteiger partial charge in [-0.1, -0.05) is 38.1 Å². The molecule has 2 heterocycles. The molecule has 140 valence electrons. The van der Waals surface area contributed by atoms with Crippen molar-refractivity contribution in [2.45, 2.75) is 24.9 Å². The maximum absolute atomic E-state index is 12.3. The number of hydrogen-bond acceptors (Lipinski definition) is 4. The molecule has 2 aliphatic rings. The molecule has 0 spiro atoms. The van der Waals surface area contributed by atoms with Crippen LogP contribution in [-0.2, 0) is 10.2 Å². The van der Waals surface area contributed by atoms with Gasteiger partial charge < -0.3 is 19.7 Å². The number of rotatable bonds is 4. The minimum atomic E-state index is -0.612. The predicted molar refractivity (Wildman–Crippen MR) is 106 cm³/mol. The topological polar surface area (TPSA) is 50.8 Å². The highest BCUT2D eigenvalue weighted by Crippen LogP contribution is 2.52. The van der Waals surface area contributed by atoms with Crippen LogP contribution in [0.1, 0.15) is 25.0 Å². The molecule has 5 heteroatoms. The highest BCUT2D eigenvalue weighted by Gasteiger charge is 2.59. The Balaban J connectivity index is 1.81. The summed E-state index contributed by atoms with van der Waals surface area (Å²) in [5.74, 6) is 1.50. The first-order valence-electron chi connectivity index (χ1n) is 9.02. The van der Waals surface area contributed by atoms with Gasteiger partial charge in [0.15, 0.2) is 0 Å². The lowest BCUT2D eigenvalue weighted by Gasteiger charge is -2.40. The lowest BCUT2D eigenvalue weighted by Crippen LogP contribution is -2.58. The van der Waals surface area contributed by atoms with Crippen LogP contribution >= 0.6 is 0 Å². The van der Waals surface area contributed by atoms with Crippen molar-refractivity contribution in [3.8, 4) is 11.5 Å². The van der Waals surface area contributed by atoms with E-state index in [1.165, 1.54) is 5.56 Å². The molecule has 1 N–H and O–H groups in total. The zero-order chi connectivity index (χ0) is 19.2. The van der Waals surface area contributed by atoms with Crippen molar-refractivity contribution in [1.29, 1.82) is 0 Å². The summed E-state index contributed by atoms with van der Waals surface area (Å²) in [6.45, 7) is 4.70. The van der Waals surface area contributed by atoms with E-state index >= 15 is 0 Å². The van der Waals surface area contributed by atoms with Crippen LogP contribution in [-0.4, -0.2) is 32.3 Å². The molecule has 0 aliphatic carbocycles. The Hall–Kier alpha value is -2.95. The molecular formula is C22H24N2O3. The molecule has 2 aliphatic heterocycles. The van der Waals surface area contributed by atoms with Crippen molar-refractivity contribution in [2.75, 3.05) is 25.7 Å². The third kappa shape index (κ3) is 2.41. The smallest absolute Gasteiger partial charge is 0.241 e. The third-order valence-corrected chi connectivity index (χ3v) is 5.82. The van der Waals surface area contributed by atoms with E-state index in [0.717, 1.165) is 22.7 Å². The largest absolute Gasteiger partial charge is 0.497 e. The molecule has 1 fully saturated rings. The summed E-state index contributed by atoms with van der Waals surface area (Å²) >= 11 is 0. The standard InChI is InChI=1S/C22H24N2O3/c1-21(2)17-7-5-6-8-18(17)24-14-20(25)23-22(21,24)12-11-15-9-10-16(26-3)13-19(15)27-4/h5-13H,14H2,1-4H3,(H,23,25)/b12-11+/t22-/m1/s1. The third-order valence-electron chi connectivity index (χ3n) is 5.82. The van der Waals surface area contributed by atoms with Crippen LogP contribution in [0.15, 0.2) is 48.5 Å². The van der Waals surface area contributed by atoms with E-state index < -0.39 is 5.66 Å². The van der Waals surface area contributed by atoms with E-state index in [4.69, 9.17) is 9.47 Å². The number of ether oxygens (including phenoxy) is 2. The Morgan fingerprint density at radius 3 is 2.63 bits per heavy atom. The van der Waals surface area contributed by atoms with Gasteiger partial charge in [-0.05, 0) is 29.8 Å². The average Bonchev–Trinajstić information content (AvgIpc) is 3.11. The molecule has 0 aromatic heterocycles. The molecule has 0 unspecified atom stereocenters. The molecule has 2 aromatic carbocycles. The van der Waals surface area contributed by atoms with Gasteiger partial charge in [-0.2, -0.15) is 0 Å². The van der Waals surface area contributed by atoms with Crippen molar-refractivity contribution < 1.29 is 14.3 Å². The Morgan fingerprint density at radius 2 is 1.89 bits per heavy atom. The molecule has 0 bridgehead atoms. The van der Waals surface area contributed by atoms with Gasteiger partial charge >= 0.3 is 0 Å². The van der Waals surface area contributed by atoms with Crippen molar-refractivity contribution in [3.05, 3.63) is 59.7 Å². The Morgan fingerprint density at radius 1 is 1.11 bits per heavy atom. The average molecular weight is 364 g/mol. The van der Waals surface area contributed by atoms with Gasteiger partial charge in [-0.3, -0.25) is 4.79 Å². The van der Waals surface area contributed by atoms with Crippen LogP contribution in [0.5, 0.6) is 11.5 Å². The second kappa shape index (κ2) is 6.05. The molecule has 4 rings (SSSR count). The van der Waals surface area contributed by atoms with Gasteiger partial charge in [0.1, 0.15) is 17.2 Å². The second-order valence-corrected chi connectivity index (χ2v) is 7.48. The zero-order valence-electron chi connectivity index (χ0n) is 16.1. The number of carbonyl (C=O) groups excluding carboxylic acids is 1. The van der Waals surface area contributed by atoms with Gasteiger partial charge in [0, 0.05) is 22.7 Å². The van der Waals surface area contributed by atoms with Crippen molar-refractivity contribution in [1.82, 2.24) is 5.32 Å². The minimum Gasteiger partial charge on any atom is -0.497 e. The van der Waals surface area contributed by atoms with Crippen molar-refractivity contribution in [2.24, 2.45) is 0 Å². The highest BCUT2D eigenvalue weighted by atomic mass is 16.5. The van der Waals surface area contributed by atoms with Crippen LogP contribution in [0.2, 0.25) is 0 Å². The van der Waals surface area contributed by atoms with Gasteiger partial charge in [-0.15, -0.1) is 0 Å². The fourth-order valence-corrected chi connectivity index (χ4v) is 4.31. The summed E-state index contributed by atoms with van der Waals surface area (Å²) in [5, 5.41) is 3.23. The van der Waals surface area contributed by atoms with Gasteiger partial charge in [-0.25, -0.2) is 0 Å². The van der Waals surface area contributed by atoms with E-state index in [1.807, 2.05) is 30.3 Å². The van der Waals surface area contributed by atoms with E-state index in [9.17, 15) is 4.79 Å². The first-order valence-corrected chi connectivity index (χ1v) is 9.02. The summed E-state index contributed by atoms with van der Waals surface area (Å²) in [5.41, 5.74) is 2.37. The Bertz CT molecular complexity index is 935. The zero-order valence-corrected chi connectivity index (χ0v) is 16.1. The molecule has 1 saturated heterocycles. The molecule has 1 amide bonds. The van der Waals surface area contributed by atoms with E-state index in [-0.39, 0.29) is 11.3 Å². The number of benzene rings is 2. The normalized spacial score (nSPS) is 22.5. The maximum Gasteiger partial charge on any atom is 0.241 e. The van der Waals surface area contributed by atoms with Gasteiger partial charge in [0.2, 0.25) is 5.91 Å². The Kier molecular flexibility index (Phi) is 3.91. The number of carbonyl (C=O) groups is 1. The van der Waals surface area contributed by atoms with E-state index in [2.05, 4.69) is 48.3 Å². The van der Waals surface area contributed by atoms with Gasteiger partial charge in [0.05, 0.1) is 20.8 Å². The molecule has 0 radical (unpaired) electrons. The first kappa shape index (κ1) is 17.5. The Labute approximate surface area is 159 Å². The van der Waals surface area contributed by atoms with Crippen LogP contribution < -0.4 is 19.7 Å². The molecule has 27 heavy (non-hydrogen) atoms. The SMILES string of the molecule is COc1ccc(/C=C/[C@@]23NC(=O)CN2c2ccccc2C3(C)C)c(OC)c1. The fraction of sp³-hybridized carbons (Fsp3) is 0.318. The molecule has 5 nitrogen and oxygen atoms in total. The van der Waals surface area contributed by atoms with Crippen molar-refractivity contribution in [3.63, 3.8) is 0 Å². The van der Waals surface area contributed by atoms with Crippen LogP contribution in [0.25, 0.3) is 6.08 Å². The monoisotopic (exact) mass is 364 g/mol. The van der Waals surface area contributed by atoms with Crippen LogP contribution in [0.4, 0.5) is 5.69 Å². The second-order valence-electron chi connectivity index (χ2n) is 7.48. The first-order chi connectivity index (χ1) is 12.9. The number of nitrogens with one attached hydrogen (secondary N) is 1. The number of nitrogens with zero attached hydrogens (tertiary/aromatic N) is 1. The van der Waals surface area contributed by atoms with Crippen LogP contribution in [0, 0.1) is 0 Å². The minimum absolute atomic E-state index is 0.0314. The van der Waals surface area contributed by atoms with E-state index in [1.54, 1.807) is 14.2 Å². The lowest BCUT2D eigenvalue weighted by molar-refractivity contribution is -0.118.